The number of carbonyl (C=O) groups is 1. The Morgan fingerprint density at radius 2 is 2.00 bits per heavy atom. The molecular formula is C25H38O5. The second-order valence-corrected chi connectivity index (χ2v) is 8.76. The molecular weight excluding hydrogens is 380 g/mol. The van der Waals surface area contributed by atoms with Crippen molar-refractivity contribution in [2.75, 3.05) is 13.2 Å². The minimum Gasteiger partial charge on any atom is -0.508 e. The van der Waals surface area contributed by atoms with Crippen LogP contribution < -0.4 is 4.74 Å². The summed E-state index contributed by atoms with van der Waals surface area (Å²) in [5.74, 6) is 0.990. The Balaban J connectivity index is 1.49. The van der Waals surface area contributed by atoms with Gasteiger partial charge in [0.1, 0.15) is 17.1 Å². The second-order valence-electron chi connectivity index (χ2n) is 8.76. The monoisotopic (exact) mass is 418 g/mol. The van der Waals surface area contributed by atoms with Crippen LogP contribution in [0.2, 0.25) is 0 Å². The van der Waals surface area contributed by atoms with Gasteiger partial charge in [-0.25, -0.2) is 0 Å². The average Bonchev–Trinajstić information content (AvgIpc) is 2.76. The van der Waals surface area contributed by atoms with Crippen LogP contribution in [0.4, 0.5) is 0 Å². The molecule has 168 valence electrons. The molecule has 3 rings (SSSR count). The van der Waals surface area contributed by atoms with E-state index in [0.29, 0.717) is 24.2 Å². The molecule has 2 aliphatic rings. The van der Waals surface area contributed by atoms with Crippen LogP contribution in [0.1, 0.15) is 100 Å². The molecule has 2 unspecified atom stereocenters. The predicted molar refractivity (Wildman–Crippen MR) is 117 cm³/mol. The van der Waals surface area contributed by atoms with Crippen LogP contribution in [-0.2, 0) is 15.9 Å². The number of aromatic hydroxyl groups is 1. The first-order valence-corrected chi connectivity index (χ1v) is 11.9. The number of ether oxygens (including phenoxy) is 3. The molecule has 0 bridgehead atoms. The first-order chi connectivity index (χ1) is 14.6. The lowest BCUT2D eigenvalue weighted by molar-refractivity contribution is -0.162. The maximum atomic E-state index is 12.9. The van der Waals surface area contributed by atoms with Gasteiger partial charge in [0.25, 0.3) is 0 Å². The smallest absolute Gasteiger partial charge is 0.170 e. The molecule has 1 fully saturated rings. The van der Waals surface area contributed by atoms with Crippen molar-refractivity contribution in [3.63, 3.8) is 0 Å². The topological polar surface area (TPSA) is 65.0 Å². The third-order valence-corrected chi connectivity index (χ3v) is 6.45. The Morgan fingerprint density at radius 3 is 2.73 bits per heavy atom. The molecule has 2 atom stereocenters. The minimum absolute atomic E-state index is 0.00226. The Kier molecular flexibility index (Phi) is 8.58. The average molecular weight is 419 g/mol. The highest BCUT2D eigenvalue weighted by atomic mass is 16.7. The Morgan fingerprint density at radius 1 is 1.17 bits per heavy atom. The van der Waals surface area contributed by atoms with E-state index in [-0.39, 0.29) is 17.8 Å². The van der Waals surface area contributed by atoms with Gasteiger partial charge in [-0.3, -0.25) is 4.79 Å². The molecule has 2 heterocycles. The lowest BCUT2D eigenvalue weighted by Gasteiger charge is -2.38. The van der Waals surface area contributed by atoms with Crippen molar-refractivity contribution < 1.29 is 24.1 Å². The van der Waals surface area contributed by atoms with Crippen LogP contribution in [0.3, 0.4) is 0 Å². The van der Waals surface area contributed by atoms with Crippen LogP contribution in [-0.4, -0.2) is 36.0 Å². The molecule has 1 aromatic rings. The van der Waals surface area contributed by atoms with Gasteiger partial charge in [0.15, 0.2) is 12.1 Å². The van der Waals surface area contributed by atoms with E-state index in [2.05, 4.69) is 13.8 Å². The van der Waals surface area contributed by atoms with E-state index < -0.39 is 5.60 Å². The number of hydrogen-bond acceptors (Lipinski definition) is 5. The highest BCUT2D eigenvalue weighted by Crippen LogP contribution is 2.43. The fourth-order valence-electron chi connectivity index (χ4n) is 4.56. The lowest BCUT2D eigenvalue weighted by Crippen LogP contribution is -2.42. The Bertz CT molecular complexity index is 695. The quantitative estimate of drug-likeness (QED) is 0.450. The number of benzene rings is 1. The summed E-state index contributed by atoms with van der Waals surface area (Å²) in [5.41, 5.74) is 0.956. The SMILES string of the molecule is CCCc1c(O)ccc2c1OC(CC)(CCCCCCOC1CCCCO1)CC2=O. The third kappa shape index (κ3) is 5.76. The van der Waals surface area contributed by atoms with Gasteiger partial charge in [0, 0.05) is 18.8 Å². The zero-order valence-electron chi connectivity index (χ0n) is 18.7. The van der Waals surface area contributed by atoms with Crippen molar-refractivity contribution in [3.05, 3.63) is 23.3 Å². The number of phenols is 1. The van der Waals surface area contributed by atoms with E-state index >= 15 is 0 Å². The molecule has 2 aliphatic heterocycles. The largest absolute Gasteiger partial charge is 0.508 e. The molecule has 0 saturated carbocycles. The molecule has 5 nitrogen and oxygen atoms in total. The normalized spacial score (nSPS) is 23.8. The summed E-state index contributed by atoms with van der Waals surface area (Å²) in [4.78, 5) is 12.9. The summed E-state index contributed by atoms with van der Waals surface area (Å²) in [5, 5.41) is 10.3. The van der Waals surface area contributed by atoms with E-state index in [9.17, 15) is 9.90 Å². The van der Waals surface area contributed by atoms with Crippen LogP contribution in [0.5, 0.6) is 11.5 Å². The van der Waals surface area contributed by atoms with Crippen molar-refractivity contribution in [1.82, 2.24) is 0 Å². The van der Waals surface area contributed by atoms with Gasteiger partial charge in [0.2, 0.25) is 0 Å². The Hall–Kier alpha value is -1.59. The van der Waals surface area contributed by atoms with Crippen molar-refractivity contribution in [2.45, 2.75) is 103 Å². The van der Waals surface area contributed by atoms with Gasteiger partial charge in [-0.2, -0.15) is 0 Å². The molecule has 0 spiro atoms. The summed E-state index contributed by atoms with van der Waals surface area (Å²) in [7, 11) is 0. The van der Waals surface area contributed by atoms with E-state index in [4.69, 9.17) is 14.2 Å². The molecule has 0 aliphatic carbocycles. The zero-order valence-corrected chi connectivity index (χ0v) is 18.7. The molecule has 30 heavy (non-hydrogen) atoms. The summed E-state index contributed by atoms with van der Waals surface area (Å²) < 4.78 is 17.9. The van der Waals surface area contributed by atoms with Gasteiger partial charge in [0.05, 0.1) is 12.0 Å². The first-order valence-electron chi connectivity index (χ1n) is 11.9. The number of ketones is 1. The third-order valence-electron chi connectivity index (χ3n) is 6.45. The summed E-state index contributed by atoms with van der Waals surface area (Å²) >= 11 is 0. The zero-order chi connectivity index (χ0) is 21.4. The molecule has 0 aromatic heterocycles. The van der Waals surface area contributed by atoms with E-state index in [1.807, 2.05) is 0 Å². The molecule has 5 heteroatoms. The number of hydrogen-bond donors (Lipinski definition) is 1. The molecule has 1 N–H and O–H groups in total. The highest BCUT2D eigenvalue weighted by molar-refractivity contribution is 6.01. The number of fused-ring (bicyclic) bond motifs is 1. The summed E-state index contributed by atoms with van der Waals surface area (Å²) in [6, 6.07) is 3.34. The van der Waals surface area contributed by atoms with Crippen molar-refractivity contribution in [2.24, 2.45) is 0 Å². The Labute approximate surface area is 181 Å². The van der Waals surface area contributed by atoms with Crippen LogP contribution in [0.15, 0.2) is 12.1 Å². The van der Waals surface area contributed by atoms with Gasteiger partial charge < -0.3 is 19.3 Å². The maximum Gasteiger partial charge on any atom is 0.170 e. The summed E-state index contributed by atoms with van der Waals surface area (Å²) in [6.45, 7) is 5.74. The fourth-order valence-corrected chi connectivity index (χ4v) is 4.56. The number of unbranched alkanes of at least 4 members (excludes halogenated alkanes) is 3. The number of carbonyl (C=O) groups excluding carboxylic acids is 1. The number of rotatable bonds is 11. The van der Waals surface area contributed by atoms with Crippen LogP contribution >= 0.6 is 0 Å². The van der Waals surface area contributed by atoms with E-state index in [0.717, 1.165) is 76.6 Å². The van der Waals surface area contributed by atoms with Gasteiger partial charge >= 0.3 is 0 Å². The van der Waals surface area contributed by atoms with Crippen molar-refractivity contribution >= 4 is 5.78 Å². The molecule has 0 radical (unpaired) electrons. The van der Waals surface area contributed by atoms with Crippen LogP contribution in [0, 0.1) is 0 Å². The number of phenolic OH excluding ortho intramolecular Hbond substituents is 1. The lowest BCUT2D eigenvalue weighted by atomic mass is 9.82. The number of Topliss-reactive ketones (excluding diaryl/α,β-unsaturated/α-hetero) is 1. The van der Waals surface area contributed by atoms with E-state index in [1.165, 1.54) is 6.42 Å². The second kappa shape index (κ2) is 11.1. The van der Waals surface area contributed by atoms with Crippen molar-refractivity contribution in [3.8, 4) is 11.5 Å². The highest BCUT2D eigenvalue weighted by Gasteiger charge is 2.40. The van der Waals surface area contributed by atoms with Gasteiger partial charge in [-0.15, -0.1) is 0 Å². The van der Waals surface area contributed by atoms with Gasteiger partial charge in [-0.05, 0) is 63.5 Å². The molecule has 1 saturated heterocycles. The predicted octanol–water partition coefficient (Wildman–Crippen LogP) is 5.95. The standard InChI is InChI=1S/C25H38O5/c1-3-11-19-21(26)14-13-20-22(27)18-25(4-2,30-24(19)20)15-8-5-6-9-16-28-23-12-7-10-17-29-23/h13-14,23,26H,3-12,15-18H2,1-2H3. The minimum atomic E-state index is -0.452. The van der Waals surface area contributed by atoms with Crippen LogP contribution in [0.25, 0.3) is 0 Å². The van der Waals surface area contributed by atoms with Gasteiger partial charge in [-0.1, -0.05) is 33.1 Å². The summed E-state index contributed by atoms with van der Waals surface area (Å²) in [6.07, 6.45) is 11.3. The fraction of sp³-hybridized carbons (Fsp3) is 0.720. The van der Waals surface area contributed by atoms with Crippen molar-refractivity contribution in [1.29, 1.82) is 0 Å². The first kappa shape index (κ1) is 23.1. The maximum absolute atomic E-state index is 12.9. The van der Waals surface area contributed by atoms with E-state index in [1.54, 1.807) is 12.1 Å². The molecule has 0 amide bonds. The molecule has 1 aromatic carbocycles.